The summed E-state index contributed by atoms with van der Waals surface area (Å²) in [4.78, 5) is 16.6. The fraction of sp³-hybridized carbons (Fsp3) is 0.625. The number of carbonyl (C=O) groups excluding carboxylic acids is 1. The van der Waals surface area contributed by atoms with Crippen molar-refractivity contribution >= 4 is 11.7 Å². The number of nitrogens with one attached hydrogen (secondary N) is 2. The largest absolute Gasteiger partial charge is 0.369 e. The highest BCUT2D eigenvalue weighted by Crippen LogP contribution is 2.30. The molecule has 2 atom stereocenters. The fourth-order valence-corrected chi connectivity index (χ4v) is 2.82. The Bertz CT molecular complexity index is 447. The average Bonchev–Trinajstić information content (AvgIpc) is 2.88. The number of hydrogen-bond acceptors (Lipinski definition) is 3. The number of rotatable bonds is 6. The van der Waals surface area contributed by atoms with Crippen molar-refractivity contribution in [2.75, 3.05) is 18.4 Å². The molecule has 20 heavy (non-hydrogen) atoms. The molecule has 1 aliphatic carbocycles. The van der Waals surface area contributed by atoms with Crippen LogP contribution in [0.3, 0.4) is 0 Å². The van der Waals surface area contributed by atoms with E-state index in [0.717, 1.165) is 25.4 Å². The molecule has 2 rings (SSSR count). The highest BCUT2D eigenvalue weighted by atomic mass is 16.1. The summed E-state index contributed by atoms with van der Waals surface area (Å²) in [7, 11) is 0. The summed E-state index contributed by atoms with van der Waals surface area (Å²) < 4.78 is 0. The summed E-state index contributed by atoms with van der Waals surface area (Å²) >= 11 is 0. The lowest BCUT2D eigenvalue weighted by Crippen LogP contribution is -2.31. The molecule has 1 aromatic heterocycles. The van der Waals surface area contributed by atoms with E-state index in [1.54, 1.807) is 6.20 Å². The maximum absolute atomic E-state index is 12.3. The van der Waals surface area contributed by atoms with Gasteiger partial charge >= 0.3 is 0 Å². The molecule has 2 N–H and O–H groups in total. The lowest BCUT2D eigenvalue weighted by atomic mass is 9.98. The van der Waals surface area contributed by atoms with Crippen LogP contribution < -0.4 is 10.6 Å². The molecule has 110 valence electrons. The van der Waals surface area contributed by atoms with Crippen LogP contribution >= 0.6 is 0 Å². The standard InChI is InChI=1S/C16H25N3O/c1-3-9-17-15-14(8-5-10-18-15)16(20)19-11-13-7-4-6-12(13)2/h5,8,10,12-13H,3-4,6-7,9,11H2,1-2H3,(H,17,18)(H,19,20). The van der Waals surface area contributed by atoms with E-state index in [1.807, 2.05) is 12.1 Å². The minimum Gasteiger partial charge on any atom is -0.369 e. The SMILES string of the molecule is CCCNc1ncccc1C(=O)NCC1CCCC1C. The molecule has 0 radical (unpaired) electrons. The third kappa shape index (κ3) is 3.71. The van der Waals surface area contributed by atoms with Crippen LogP contribution in [0.25, 0.3) is 0 Å². The molecule has 0 aromatic carbocycles. The van der Waals surface area contributed by atoms with Crippen LogP contribution in [0, 0.1) is 11.8 Å². The van der Waals surface area contributed by atoms with Gasteiger partial charge in [0.1, 0.15) is 5.82 Å². The lowest BCUT2D eigenvalue weighted by molar-refractivity contribution is 0.0945. The Labute approximate surface area is 121 Å². The van der Waals surface area contributed by atoms with Crippen molar-refractivity contribution in [2.24, 2.45) is 11.8 Å². The summed E-state index contributed by atoms with van der Waals surface area (Å²) in [6, 6.07) is 3.64. The van der Waals surface area contributed by atoms with E-state index in [9.17, 15) is 4.79 Å². The average molecular weight is 275 g/mol. The smallest absolute Gasteiger partial charge is 0.255 e. The molecule has 0 bridgehead atoms. The second-order valence-electron chi connectivity index (χ2n) is 5.70. The maximum Gasteiger partial charge on any atom is 0.255 e. The van der Waals surface area contributed by atoms with Gasteiger partial charge in [-0.05, 0) is 36.8 Å². The number of carbonyl (C=O) groups is 1. The van der Waals surface area contributed by atoms with Gasteiger partial charge in [0, 0.05) is 19.3 Å². The van der Waals surface area contributed by atoms with E-state index in [0.29, 0.717) is 17.3 Å². The molecule has 1 fully saturated rings. The van der Waals surface area contributed by atoms with Crippen molar-refractivity contribution in [3.8, 4) is 0 Å². The third-order valence-electron chi connectivity index (χ3n) is 4.16. The maximum atomic E-state index is 12.3. The first-order valence-corrected chi connectivity index (χ1v) is 7.69. The van der Waals surface area contributed by atoms with Gasteiger partial charge in [0.15, 0.2) is 0 Å². The molecular formula is C16H25N3O. The van der Waals surface area contributed by atoms with Crippen molar-refractivity contribution in [1.29, 1.82) is 0 Å². The van der Waals surface area contributed by atoms with Gasteiger partial charge in [-0.3, -0.25) is 4.79 Å². The van der Waals surface area contributed by atoms with Crippen molar-refractivity contribution < 1.29 is 4.79 Å². The molecule has 1 aromatic rings. The van der Waals surface area contributed by atoms with Crippen molar-refractivity contribution in [2.45, 2.75) is 39.5 Å². The Kier molecular flexibility index (Phi) is 5.39. The molecule has 1 amide bonds. The summed E-state index contributed by atoms with van der Waals surface area (Å²) in [6.45, 7) is 5.98. The Morgan fingerprint density at radius 2 is 2.30 bits per heavy atom. The number of pyridine rings is 1. The van der Waals surface area contributed by atoms with Gasteiger partial charge in [0.25, 0.3) is 5.91 Å². The molecule has 1 saturated carbocycles. The second-order valence-corrected chi connectivity index (χ2v) is 5.70. The summed E-state index contributed by atoms with van der Waals surface area (Å²) in [5, 5.41) is 6.28. The first-order valence-electron chi connectivity index (χ1n) is 7.69. The van der Waals surface area contributed by atoms with E-state index in [1.165, 1.54) is 19.3 Å². The Balaban J connectivity index is 1.94. The van der Waals surface area contributed by atoms with E-state index < -0.39 is 0 Å². The van der Waals surface area contributed by atoms with Gasteiger partial charge in [-0.1, -0.05) is 26.7 Å². The van der Waals surface area contributed by atoms with Crippen molar-refractivity contribution in [3.63, 3.8) is 0 Å². The quantitative estimate of drug-likeness (QED) is 0.839. The van der Waals surface area contributed by atoms with Crippen molar-refractivity contribution in [3.05, 3.63) is 23.9 Å². The van der Waals surface area contributed by atoms with Crippen LogP contribution in [-0.4, -0.2) is 24.0 Å². The molecule has 1 heterocycles. The summed E-state index contributed by atoms with van der Waals surface area (Å²) in [5.74, 6) is 2.02. The van der Waals surface area contributed by atoms with E-state index in [4.69, 9.17) is 0 Å². The van der Waals surface area contributed by atoms with Crippen LogP contribution in [0.1, 0.15) is 49.9 Å². The van der Waals surface area contributed by atoms with Gasteiger partial charge in [0.2, 0.25) is 0 Å². The zero-order valence-corrected chi connectivity index (χ0v) is 12.5. The highest BCUT2D eigenvalue weighted by molar-refractivity contribution is 5.98. The number of aromatic nitrogens is 1. The Hall–Kier alpha value is -1.58. The molecule has 0 aliphatic heterocycles. The second kappa shape index (κ2) is 7.27. The van der Waals surface area contributed by atoms with Crippen LogP contribution in [0.4, 0.5) is 5.82 Å². The molecule has 1 aliphatic rings. The van der Waals surface area contributed by atoms with Crippen LogP contribution in [0.2, 0.25) is 0 Å². The van der Waals surface area contributed by atoms with E-state index in [-0.39, 0.29) is 5.91 Å². The third-order valence-corrected chi connectivity index (χ3v) is 4.16. The van der Waals surface area contributed by atoms with Gasteiger partial charge < -0.3 is 10.6 Å². The highest BCUT2D eigenvalue weighted by Gasteiger charge is 2.24. The van der Waals surface area contributed by atoms with Crippen LogP contribution in [-0.2, 0) is 0 Å². The van der Waals surface area contributed by atoms with E-state index in [2.05, 4.69) is 29.5 Å². The topological polar surface area (TPSA) is 54.0 Å². The predicted molar refractivity (Wildman–Crippen MR) is 81.9 cm³/mol. The molecule has 4 nitrogen and oxygen atoms in total. The fourth-order valence-electron chi connectivity index (χ4n) is 2.82. The van der Waals surface area contributed by atoms with Gasteiger partial charge in [0.05, 0.1) is 5.56 Å². The monoisotopic (exact) mass is 275 g/mol. The number of hydrogen-bond donors (Lipinski definition) is 2. The molecule has 0 spiro atoms. The van der Waals surface area contributed by atoms with Crippen LogP contribution in [0.15, 0.2) is 18.3 Å². The minimum atomic E-state index is -0.0178. The minimum absolute atomic E-state index is 0.0178. The van der Waals surface area contributed by atoms with Crippen molar-refractivity contribution in [1.82, 2.24) is 10.3 Å². The zero-order chi connectivity index (χ0) is 14.4. The molecular weight excluding hydrogens is 250 g/mol. The molecule has 4 heteroatoms. The zero-order valence-electron chi connectivity index (χ0n) is 12.5. The van der Waals surface area contributed by atoms with Gasteiger partial charge in [-0.2, -0.15) is 0 Å². The number of anilines is 1. The van der Waals surface area contributed by atoms with Gasteiger partial charge in [-0.25, -0.2) is 4.98 Å². The Morgan fingerprint density at radius 3 is 3.00 bits per heavy atom. The molecule has 2 unspecified atom stereocenters. The number of amides is 1. The number of nitrogens with zero attached hydrogens (tertiary/aromatic N) is 1. The normalized spacial score (nSPS) is 21.7. The van der Waals surface area contributed by atoms with Gasteiger partial charge in [-0.15, -0.1) is 0 Å². The summed E-state index contributed by atoms with van der Waals surface area (Å²) in [6.07, 6.45) is 6.54. The first kappa shape index (κ1) is 14.8. The lowest BCUT2D eigenvalue weighted by Gasteiger charge is -2.16. The van der Waals surface area contributed by atoms with Crippen LogP contribution in [0.5, 0.6) is 0 Å². The first-order chi connectivity index (χ1) is 9.72. The molecule has 0 saturated heterocycles. The predicted octanol–water partition coefficient (Wildman–Crippen LogP) is 3.07. The Morgan fingerprint density at radius 1 is 1.45 bits per heavy atom. The summed E-state index contributed by atoms with van der Waals surface area (Å²) in [5.41, 5.74) is 0.645. The van der Waals surface area contributed by atoms with E-state index >= 15 is 0 Å².